The van der Waals surface area contributed by atoms with Crippen LogP contribution >= 0.6 is 0 Å². The maximum absolute atomic E-state index is 11.6. The predicted molar refractivity (Wildman–Crippen MR) is 293 cm³/mol. The highest BCUT2D eigenvalue weighted by molar-refractivity contribution is 5.88. The number of rotatable bonds is 8. The minimum atomic E-state index is -0.401. The molecule has 3 N–H and O–H groups in total. The third-order valence-corrected chi connectivity index (χ3v) is 13.1. The summed E-state index contributed by atoms with van der Waals surface area (Å²) in [4.78, 5) is 48.5. The van der Waals surface area contributed by atoms with Crippen LogP contribution in [0.25, 0.3) is 0 Å². The first kappa shape index (κ1) is 74.1. The van der Waals surface area contributed by atoms with Gasteiger partial charge in [-0.25, -0.2) is 19.2 Å². The molecule has 4 aliphatic heterocycles. The number of likely N-dealkylation sites (tertiary alicyclic amines) is 1. The van der Waals surface area contributed by atoms with Crippen LogP contribution in [0, 0.1) is 0 Å². The number of carbonyl (C=O) groups excluding carboxylic acids is 4. The van der Waals surface area contributed by atoms with Crippen LogP contribution in [0.1, 0.15) is 220 Å². The summed E-state index contributed by atoms with van der Waals surface area (Å²) in [5.74, 6) is -1.26. The SMILES string of the molecule is C.C.C.C.C=C(C)C(=O)OC1CC(C)(C)N(C)C(C)(C)C1.C=C(C)C(=O)OC1CC(C)(C)N(O)C(C)(C)C1.C=C(C)C(=O)OC1CC(C)(C)N(O)C(C)(C)C1.C=C(C)C(=O)OC1CC(C)(C)NC(C)(C)C1. The molecule has 4 rings (SSSR count). The highest BCUT2D eigenvalue weighted by atomic mass is 16.6. The molecule has 0 spiro atoms. The number of nitrogens with one attached hydrogen (secondary N) is 1. The van der Waals surface area contributed by atoms with E-state index in [1.54, 1.807) is 27.7 Å². The molecular weight excluding hydrogens is 901 g/mol. The number of esters is 4. The van der Waals surface area contributed by atoms with Gasteiger partial charge in [0.1, 0.15) is 24.4 Å². The summed E-state index contributed by atoms with van der Waals surface area (Å²) in [5.41, 5.74) is 0.243. The molecule has 0 aliphatic carbocycles. The second kappa shape index (κ2) is 27.2. The summed E-state index contributed by atoms with van der Waals surface area (Å²) in [6, 6.07) is 0. The monoisotopic (exact) mass is 1010 g/mol. The van der Waals surface area contributed by atoms with Gasteiger partial charge in [0.15, 0.2) is 0 Å². The second-order valence-corrected chi connectivity index (χ2v) is 24.8. The van der Waals surface area contributed by atoms with Crippen molar-refractivity contribution in [2.24, 2.45) is 0 Å². The van der Waals surface area contributed by atoms with Crippen molar-refractivity contribution in [1.82, 2.24) is 20.3 Å². The average molecular weight is 1010 g/mol. The van der Waals surface area contributed by atoms with Crippen LogP contribution in [0.4, 0.5) is 0 Å². The van der Waals surface area contributed by atoms with Crippen LogP contribution in [0.5, 0.6) is 0 Å². The number of hydroxylamine groups is 4. The predicted octanol–water partition coefficient (Wildman–Crippen LogP) is 12.7. The van der Waals surface area contributed by atoms with Crippen molar-refractivity contribution in [2.75, 3.05) is 7.05 Å². The Labute approximate surface area is 435 Å². The number of carbonyl (C=O) groups is 4. The zero-order chi connectivity index (χ0) is 52.9. The molecule has 0 atom stereocenters. The molecule has 0 radical (unpaired) electrons. The van der Waals surface area contributed by atoms with E-state index in [1.165, 1.54) is 10.1 Å². The van der Waals surface area contributed by atoms with Crippen molar-refractivity contribution in [2.45, 2.75) is 288 Å². The Bertz CT molecular complexity index is 1600. The molecule has 0 aromatic heterocycles. The fourth-order valence-corrected chi connectivity index (χ4v) is 10.2. The maximum atomic E-state index is 11.6. The van der Waals surface area contributed by atoms with E-state index in [0.717, 1.165) is 25.7 Å². The molecule has 4 fully saturated rings. The first-order valence-electron chi connectivity index (χ1n) is 23.8. The molecule has 0 aromatic rings. The van der Waals surface area contributed by atoms with Gasteiger partial charge in [-0.1, -0.05) is 56.0 Å². The number of hydrogen-bond acceptors (Lipinski definition) is 14. The fourth-order valence-electron chi connectivity index (χ4n) is 10.2. The first-order chi connectivity index (χ1) is 29.8. The summed E-state index contributed by atoms with van der Waals surface area (Å²) in [6.45, 7) is 53.8. The van der Waals surface area contributed by atoms with E-state index in [1.807, 2.05) is 55.4 Å². The van der Waals surface area contributed by atoms with Gasteiger partial charge < -0.3 is 34.7 Å². The Hall–Kier alpha value is -3.40. The second-order valence-electron chi connectivity index (χ2n) is 24.8. The van der Waals surface area contributed by atoms with Crippen LogP contribution in [0.2, 0.25) is 0 Å². The topological polar surface area (TPSA) is 167 Å². The maximum Gasteiger partial charge on any atom is 0.333 e. The minimum Gasteiger partial charge on any atom is -0.459 e. The minimum absolute atomic E-state index is 0. The van der Waals surface area contributed by atoms with E-state index in [4.69, 9.17) is 18.9 Å². The van der Waals surface area contributed by atoms with Crippen molar-refractivity contribution in [1.29, 1.82) is 0 Å². The van der Waals surface area contributed by atoms with Crippen LogP contribution in [0.15, 0.2) is 48.6 Å². The molecule has 0 amide bonds. The van der Waals surface area contributed by atoms with Gasteiger partial charge in [-0.3, -0.25) is 4.90 Å². The normalized spacial score (nSPS) is 22.9. The Morgan fingerprint density at radius 3 is 0.746 bits per heavy atom. The van der Waals surface area contributed by atoms with Crippen molar-refractivity contribution in [3.8, 4) is 0 Å². The van der Waals surface area contributed by atoms with Gasteiger partial charge in [-0.2, -0.15) is 10.1 Å². The van der Waals surface area contributed by atoms with E-state index in [2.05, 4.69) is 99.0 Å². The van der Waals surface area contributed by atoms with E-state index in [9.17, 15) is 29.6 Å². The standard InChI is InChI=1S/C14H25NO2.2C13H23NO3.C13H23NO2.4CH4/c1-10(2)12(16)17-11-8-13(3,4)15(7)14(5,6)9-11;2*1-9(2)11(15)17-10-7-12(3,4)14(16)13(5,6)8-10;1-9(2)11(15)16-10-7-12(3,4)14-13(5,6)8-10;;;;/h11H,1,8-9H2,2-7H3;2*10,16H,1,7-8H2,2-6H3;10,14H,1,7-8H2,2-6H3;4*1H4. The Balaban J connectivity index is -0.000000414. The van der Waals surface area contributed by atoms with E-state index in [-0.39, 0.29) is 100 Å². The Morgan fingerprint density at radius 1 is 0.394 bits per heavy atom. The lowest BCUT2D eigenvalue weighted by atomic mass is 9.79. The summed E-state index contributed by atoms with van der Waals surface area (Å²) >= 11 is 0. The van der Waals surface area contributed by atoms with Crippen molar-refractivity contribution < 1.29 is 48.5 Å². The fraction of sp³-hybridized carbons (Fsp3) is 0.789. The highest BCUT2D eigenvalue weighted by Gasteiger charge is 2.48. The van der Waals surface area contributed by atoms with Gasteiger partial charge in [0, 0.05) is 118 Å². The van der Waals surface area contributed by atoms with Crippen molar-refractivity contribution in [3.63, 3.8) is 0 Å². The van der Waals surface area contributed by atoms with Crippen LogP contribution in [-0.4, -0.2) is 125 Å². The van der Waals surface area contributed by atoms with Gasteiger partial charge in [0.2, 0.25) is 0 Å². The highest BCUT2D eigenvalue weighted by Crippen LogP contribution is 2.40. The molecular formula is C57H110N4O10. The van der Waals surface area contributed by atoms with Crippen molar-refractivity contribution in [3.05, 3.63) is 48.6 Å². The third-order valence-electron chi connectivity index (χ3n) is 13.1. The molecule has 14 nitrogen and oxygen atoms in total. The first-order valence-corrected chi connectivity index (χ1v) is 23.8. The largest absolute Gasteiger partial charge is 0.459 e. The number of ether oxygens (including phenoxy) is 4. The molecule has 418 valence electrons. The van der Waals surface area contributed by atoms with Gasteiger partial charge in [0.05, 0.1) is 0 Å². The molecule has 0 unspecified atom stereocenters. The molecule has 71 heavy (non-hydrogen) atoms. The molecule has 0 saturated carbocycles. The lowest BCUT2D eigenvalue weighted by Gasteiger charge is -2.53. The Morgan fingerprint density at radius 2 is 0.563 bits per heavy atom. The van der Waals surface area contributed by atoms with E-state index in [0.29, 0.717) is 48.0 Å². The third kappa shape index (κ3) is 22.7. The number of nitrogens with zero attached hydrogens (tertiary/aromatic N) is 3. The Kier molecular flexibility index (Phi) is 28.4. The summed E-state index contributed by atoms with van der Waals surface area (Å²) in [7, 11) is 2.14. The summed E-state index contributed by atoms with van der Waals surface area (Å²) in [6.07, 6.45) is 5.51. The molecule has 14 heteroatoms. The molecule has 4 saturated heterocycles. The smallest absolute Gasteiger partial charge is 0.333 e. The van der Waals surface area contributed by atoms with Gasteiger partial charge in [0.25, 0.3) is 0 Å². The zero-order valence-electron chi connectivity index (χ0n) is 45.8. The van der Waals surface area contributed by atoms with E-state index >= 15 is 0 Å². The van der Waals surface area contributed by atoms with Crippen LogP contribution < -0.4 is 5.32 Å². The quantitative estimate of drug-likeness (QED) is 0.119. The van der Waals surface area contributed by atoms with E-state index < -0.39 is 22.2 Å². The van der Waals surface area contributed by atoms with Crippen molar-refractivity contribution >= 4 is 23.9 Å². The molecule has 0 aromatic carbocycles. The van der Waals surface area contributed by atoms with Crippen LogP contribution in [0.3, 0.4) is 0 Å². The summed E-state index contributed by atoms with van der Waals surface area (Å²) < 4.78 is 21.7. The van der Waals surface area contributed by atoms with Gasteiger partial charge >= 0.3 is 23.9 Å². The molecule has 0 bridgehead atoms. The average Bonchev–Trinajstić information content (AvgIpc) is 3.10. The number of piperidine rings is 4. The van der Waals surface area contributed by atoms with Gasteiger partial charge in [-0.15, -0.1) is 0 Å². The molecule has 4 aliphatic rings. The lowest BCUT2D eigenvalue weighted by Crippen LogP contribution is -2.60. The van der Waals surface area contributed by atoms with Gasteiger partial charge in [-0.05, 0) is 146 Å². The number of hydrogen-bond donors (Lipinski definition) is 3. The zero-order valence-corrected chi connectivity index (χ0v) is 45.8. The lowest BCUT2D eigenvalue weighted by molar-refractivity contribution is -0.259. The molecule has 4 heterocycles. The van der Waals surface area contributed by atoms with Crippen LogP contribution in [-0.2, 0) is 38.1 Å². The summed E-state index contributed by atoms with van der Waals surface area (Å²) in [5, 5.41) is 26.5.